The minimum absolute atomic E-state index is 0.301. The highest BCUT2D eigenvalue weighted by Gasteiger charge is 2.13. The van der Waals surface area contributed by atoms with Gasteiger partial charge in [0.25, 0.3) is 0 Å². The molecule has 0 spiro atoms. The molecule has 0 aliphatic carbocycles. The summed E-state index contributed by atoms with van der Waals surface area (Å²) in [6, 6.07) is 12.5. The second-order valence-corrected chi connectivity index (χ2v) is 6.08. The molecule has 0 aliphatic rings. The van der Waals surface area contributed by atoms with Gasteiger partial charge in [0.2, 0.25) is 11.8 Å². The van der Waals surface area contributed by atoms with Crippen LogP contribution in [0.4, 0.5) is 5.69 Å². The molecule has 0 aromatic heterocycles. The van der Waals surface area contributed by atoms with Crippen LogP contribution in [-0.4, -0.2) is 25.5 Å². The molecule has 0 atom stereocenters. The molecule has 25 heavy (non-hydrogen) atoms. The zero-order valence-corrected chi connectivity index (χ0v) is 15.2. The van der Waals surface area contributed by atoms with Crippen molar-refractivity contribution in [3.8, 4) is 5.75 Å². The molecule has 2 aromatic carbocycles. The van der Waals surface area contributed by atoms with Crippen molar-refractivity contribution in [2.45, 2.75) is 12.8 Å². The number of ether oxygens (including phenoxy) is 1. The van der Waals surface area contributed by atoms with Gasteiger partial charge in [0.15, 0.2) is 0 Å². The van der Waals surface area contributed by atoms with Crippen molar-refractivity contribution >= 4 is 40.7 Å². The number of hydrogen-bond donors (Lipinski definition) is 2. The summed E-state index contributed by atoms with van der Waals surface area (Å²) in [4.78, 5) is 23.8. The minimum Gasteiger partial charge on any atom is -0.497 e. The third kappa shape index (κ3) is 5.96. The van der Waals surface area contributed by atoms with Gasteiger partial charge >= 0.3 is 0 Å². The molecule has 0 heterocycles. The van der Waals surface area contributed by atoms with Crippen LogP contribution in [0.2, 0.25) is 10.0 Å². The summed E-state index contributed by atoms with van der Waals surface area (Å²) in [7, 11) is 1.61. The molecule has 2 rings (SSSR count). The summed E-state index contributed by atoms with van der Waals surface area (Å²) in [6.07, 6.45) is 0.359. The predicted molar refractivity (Wildman–Crippen MR) is 99.4 cm³/mol. The van der Waals surface area contributed by atoms with Gasteiger partial charge in [0.05, 0.1) is 22.8 Å². The number of amides is 2. The molecule has 0 unspecified atom stereocenters. The largest absolute Gasteiger partial charge is 0.497 e. The maximum absolute atomic E-state index is 11.9. The standard InChI is InChI=1S/C18H18Cl2N2O3/c1-25-13-7-5-12(6-8-13)9-10-21-16(23)11-17(24)22-18-14(19)3-2-4-15(18)20/h2-8H,9-11H2,1H3,(H,21,23)(H,22,24). The van der Waals surface area contributed by atoms with Crippen LogP contribution in [0.5, 0.6) is 5.75 Å². The average Bonchev–Trinajstić information content (AvgIpc) is 2.59. The number of anilines is 1. The highest BCUT2D eigenvalue weighted by Crippen LogP contribution is 2.29. The summed E-state index contributed by atoms with van der Waals surface area (Å²) in [5.41, 5.74) is 1.37. The molecule has 132 valence electrons. The molecular weight excluding hydrogens is 363 g/mol. The molecule has 0 aliphatic heterocycles. The molecule has 0 bridgehead atoms. The maximum Gasteiger partial charge on any atom is 0.233 e. The Bertz CT molecular complexity index is 728. The van der Waals surface area contributed by atoms with Crippen molar-refractivity contribution in [2.75, 3.05) is 19.0 Å². The fourth-order valence-corrected chi connectivity index (χ4v) is 2.64. The van der Waals surface area contributed by atoms with Gasteiger partial charge in [-0.2, -0.15) is 0 Å². The maximum atomic E-state index is 11.9. The van der Waals surface area contributed by atoms with Crippen LogP contribution in [0.25, 0.3) is 0 Å². The Balaban J connectivity index is 1.76. The molecular formula is C18H18Cl2N2O3. The lowest BCUT2D eigenvalue weighted by atomic mass is 10.1. The Morgan fingerprint density at radius 1 is 1.00 bits per heavy atom. The lowest BCUT2D eigenvalue weighted by Crippen LogP contribution is -2.29. The van der Waals surface area contributed by atoms with Gasteiger partial charge in [-0.3, -0.25) is 9.59 Å². The van der Waals surface area contributed by atoms with E-state index in [0.29, 0.717) is 28.7 Å². The first-order chi connectivity index (χ1) is 12.0. The number of carbonyl (C=O) groups is 2. The number of methoxy groups -OCH3 is 1. The number of carbonyl (C=O) groups excluding carboxylic acids is 2. The van der Waals surface area contributed by atoms with Gasteiger partial charge in [-0.25, -0.2) is 0 Å². The van der Waals surface area contributed by atoms with Gasteiger partial charge in [-0.05, 0) is 36.2 Å². The van der Waals surface area contributed by atoms with Crippen LogP contribution in [0.15, 0.2) is 42.5 Å². The van der Waals surface area contributed by atoms with Gasteiger partial charge in [-0.15, -0.1) is 0 Å². The van der Waals surface area contributed by atoms with Gasteiger partial charge in [0.1, 0.15) is 12.2 Å². The number of rotatable bonds is 7. The van der Waals surface area contributed by atoms with Crippen LogP contribution in [0, 0.1) is 0 Å². The Morgan fingerprint density at radius 2 is 1.64 bits per heavy atom. The first-order valence-electron chi connectivity index (χ1n) is 7.63. The summed E-state index contributed by atoms with van der Waals surface area (Å²) in [5, 5.41) is 5.90. The molecule has 0 radical (unpaired) electrons. The molecule has 0 saturated heterocycles. The zero-order chi connectivity index (χ0) is 18.2. The highest BCUT2D eigenvalue weighted by molar-refractivity contribution is 6.39. The van der Waals surface area contributed by atoms with Crippen LogP contribution in [-0.2, 0) is 16.0 Å². The van der Waals surface area contributed by atoms with E-state index in [-0.39, 0.29) is 12.3 Å². The van der Waals surface area contributed by atoms with Gasteiger partial charge in [-0.1, -0.05) is 41.4 Å². The summed E-state index contributed by atoms with van der Waals surface area (Å²) >= 11 is 11.9. The van der Waals surface area contributed by atoms with Crippen molar-refractivity contribution in [1.82, 2.24) is 5.32 Å². The van der Waals surface area contributed by atoms with Crippen molar-refractivity contribution < 1.29 is 14.3 Å². The van der Waals surface area contributed by atoms with Gasteiger partial charge < -0.3 is 15.4 Å². The number of para-hydroxylation sites is 1. The smallest absolute Gasteiger partial charge is 0.233 e. The second kappa shape index (κ2) is 9.30. The SMILES string of the molecule is COc1ccc(CCNC(=O)CC(=O)Nc2c(Cl)cccc2Cl)cc1. The number of nitrogens with one attached hydrogen (secondary N) is 2. The highest BCUT2D eigenvalue weighted by atomic mass is 35.5. The second-order valence-electron chi connectivity index (χ2n) is 5.27. The molecule has 0 fully saturated rings. The average molecular weight is 381 g/mol. The van der Waals surface area contributed by atoms with E-state index in [4.69, 9.17) is 27.9 Å². The van der Waals surface area contributed by atoms with Crippen molar-refractivity contribution in [3.05, 3.63) is 58.1 Å². The summed E-state index contributed by atoms with van der Waals surface area (Å²) in [5.74, 6) is -0.0613. The van der Waals surface area contributed by atoms with E-state index in [0.717, 1.165) is 11.3 Å². The first-order valence-corrected chi connectivity index (χ1v) is 8.38. The summed E-state index contributed by atoms with van der Waals surface area (Å²) in [6.45, 7) is 0.436. The van der Waals surface area contributed by atoms with Crippen LogP contribution in [0.1, 0.15) is 12.0 Å². The monoisotopic (exact) mass is 380 g/mol. The van der Waals surface area contributed by atoms with E-state index in [1.54, 1.807) is 25.3 Å². The fourth-order valence-electron chi connectivity index (χ4n) is 2.15. The van der Waals surface area contributed by atoms with Crippen LogP contribution < -0.4 is 15.4 Å². The molecule has 2 amide bonds. The molecule has 2 N–H and O–H groups in total. The first kappa shape index (κ1) is 19.1. The fraction of sp³-hybridized carbons (Fsp3) is 0.222. The zero-order valence-electron chi connectivity index (χ0n) is 13.6. The van der Waals surface area contributed by atoms with E-state index in [1.165, 1.54) is 0 Å². The van der Waals surface area contributed by atoms with E-state index in [2.05, 4.69) is 10.6 Å². The minimum atomic E-state index is -0.475. The van der Waals surface area contributed by atoms with E-state index in [1.807, 2.05) is 24.3 Å². The Hall–Kier alpha value is -2.24. The van der Waals surface area contributed by atoms with Crippen molar-refractivity contribution in [2.24, 2.45) is 0 Å². The van der Waals surface area contributed by atoms with E-state index in [9.17, 15) is 9.59 Å². The van der Waals surface area contributed by atoms with Crippen molar-refractivity contribution in [1.29, 1.82) is 0 Å². The van der Waals surface area contributed by atoms with Crippen LogP contribution >= 0.6 is 23.2 Å². The molecule has 0 saturated carbocycles. The number of benzene rings is 2. The van der Waals surface area contributed by atoms with E-state index < -0.39 is 5.91 Å². The Kier molecular flexibility index (Phi) is 7.10. The summed E-state index contributed by atoms with van der Waals surface area (Å²) < 4.78 is 5.09. The third-order valence-corrected chi connectivity index (χ3v) is 4.07. The van der Waals surface area contributed by atoms with E-state index >= 15 is 0 Å². The normalized spacial score (nSPS) is 10.2. The molecule has 5 nitrogen and oxygen atoms in total. The third-order valence-electron chi connectivity index (χ3n) is 3.44. The quantitative estimate of drug-likeness (QED) is 0.719. The van der Waals surface area contributed by atoms with Crippen LogP contribution in [0.3, 0.4) is 0 Å². The number of halogens is 2. The van der Waals surface area contributed by atoms with Crippen molar-refractivity contribution in [3.63, 3.8) is 0 Å². The Labute approximate surface area is 156 Å². The molecule has 7 heteroatoms. The Morgan fingerprint density at radius 3 is 2.24 bits per heavy atom. The molecule has 2 aromatic rings. The lowest BCUT2D eigenvalue weighted by Gasteiger charge is -2.09. The number of hydrogen-bond acceptors (Lipinski definition) is 3. The lowest BCUT2D eigenvalue weighted by molar-refractivity contribution is -0.126. The van der Waals surface area contributed by atoms with Gasteiger partial charge in [0, 0.05) is 6.54 Å². The predicted octanol–water partition coefficient (Wildman–Crippen LogP) is 3.69. The topological polar surface area (TPSA) is 67.4 Å².